The lowest BCUT2D eigenvalue weighted by atomic mass is 10.0. The van der Waals surface area contributed by atoms with E-state index in [-0.39, 0.29) is 5.75 Å². The highest BCUT2D eigenvalue weighted by Crippen LogP contribution is 2.23. The highest BCUT2D eigenvalue weighted by molar-refractivity contribution is 7.99. The molecule has 2 rings (SSSR count). The molecular formula is C12H18N2O3S. The molecular weight excluding hydrogens is 252 g/mol. The van der Waals surface area contributed by atoms with E-state index in [0.29, 0.717) is 5.92 Å². The van der Waals surface area contributed by atoms with E-state index in [1.165, 1.54) is 11.8 Å². The van der Waals surface area contributed by atoms with Gasteiger partial charge in [0.25, 0.3) is 0 Å². The molecule has 1 aromatic heterocycles. The summed E-state index contributed by atoms with van der Waals surface area (Å²) in [4.78, 5) is 14.9. The molecule has 0 atom stereocenters. The van der Waals surface area contributed by atoms with Gasteiger partial charge in [-0.1, -0.05) is 11.8 Å². The normalized spacial score (nSPS) is 16.9. The first-order valence-electron chi connectivity index (χ1n) is 6.11. The Morgan fingerprint density at radius 3 is 3.00 bits per heavy atom. The minimum Gasteiger partial charge on any atom is -0.481 e. The molecule has 1 N–H and O–H groups in total. The van der Waals surface area contributed by atoms with Crippen LogP contribution in [0.1, 0.15) is 18.5 Å². The number of hydrogen-bond donors (Lipinski definition) is 1. The Hall–Kier alpha value is -1.01. The third-order valence-corrected chi connectivity index (χ3v) is 4.10. The number of rotatable bonds is 5. The Balaban J connectivity index is 2.01. The number of aliphatic carboxylic acids is 1. The monoisotopic (exact) mass is 270 g/mol. The van der Waals surface area contributed by atoms with Crippen molar-refractivity contribution in [1.82, 2.24) is 9.55 Å². The lowest BCUT2D eigenvalue weighted by Crippen LogP contribution is -2.21. The molecule has 1 saturated heterocycles. The molecule has 1 aliphatic heterocycles. The molecule has 6 heteroatoms. The van der Waals surface area contributed by atoms with Crippen LogP contribution >= 0.6 is 11.8 Å². The van der Waals surface area contributed by atoms with Gasteiger partial charge in [0.05, 0.1) is 5.75 Å². The fraction of sp³-hybridized carbons (Fsp3) is 0.667. The van der Waals surface area contributed by atoms with Crippen molar-refractivity contribution in [3.63, 3.8) is 0 Å². The van der Waals surface area contributed by atoms with Gasteiger partial charge in [-0.2, -0.15) is 0 Å². The van der Waals surface area contributed by atoms with Crippen LogP contribution in [0.4, 0.5) is 0 Å². The van der Waals surface area contributed by atoms with E-state index in [1.54, 1.807) is 0 Å². The average Bonchev–Trinajstić information content (AvgIpc) is 2.70. The average molecular weight is 270 g/mol. The molecule has 0 saturated carbocycles. The zero-order valence-electron chi connectivity index (χ0n) is 10.5. The largest absolute Gasteiger partial charge is 0.481 e. The molecule has 0 bridgehead atoms. The molecule has 18 heavy (non-hydrogen) atoms. The van der Waals surface area contributed by atoms with Crippen LogP contribution in [0.25, 0.3) is 0 Å². The first-order valence-corrected chi connectivity index (χ1v) is 7.10. The number of carbonyl (C=O) groups is 1. The van der Waals surface area contributed by atoms with Crippen LogP contribution in [0.5, 0.6) is 0 Å². The van der Waals surface area contributed by atoms with Gasteiger partial charge in [-0.15, -0.1) is 0 Å². The number of aryl methyl sites for hydroxylation is 1. The van der Waals surface area contributed by atoms with Crippen LogP contribution in [-0.2, 0) is 16.1 Å². The Bertz CT molecular complexity index is 413. The fourth-order valence-corrected chi connectivity index (χ4v) is 2.84. The van der Waals surface area contributed by atoms with Crippen LogP contribution in [0.3, 0.4) is 0 Å². The minimum atomic E-state index is -0.807. The summed E-state index contributed by atoms with van der Waals surface area (Å²) in [6.45, 7) is 4.58. The van der Waals surface area contributed by atoms with Crippen molar-refractivity contribution in [2.24, 2.45) is 5.92 Å². The second-order valence-corrected chi connectivity index (χ2v) is 5.47. The maximum atomic E-state index is 10.6. The number of thioether (sulfide) groups is 1. The smallest absolute Gasteiger partial charge is 0.313 e. The lowest BCUT2D eigenvalue weighted by molar-refractivity contribution is -0.133. The summed E-state index contributed by atoms with van der Waals surface area (Å²) in [5.41, 5.74) is 1.09. The van der Waals surface area contributed by atoms with Gasteiger partial charge in [-0.05, 0) is 25.7 Å². The van der Waals surface area contributed by atoms with Crippen LogP contribution in [-0.4, -0.2) is 39.6 Å². The van der Waals surface area contributed by atoms with Crippen LogP contribution in [0.15, 0.2) is 11.4 Å². The van der Waals surface area contributed by atoms with E-state index in [0.717, 1.165) is 43.5 Å². The fourth-order valence-electron chi connectivity index (χ4n) is 2.09. The Labute approximate surface area is 111 Å². The number of ether oxygens (including phenoxy) is 1. The van der Waals surface area contributed by atoms with Crippen molar-refractivity contribution in [3.05, 3.63) is 11.9 Å². The van der Waals surface area contributed by atoms with Gasteiger partial charge in [0, 0.05) is 31.6 Å². The van der Waals surface area contributed by atoms with Gasteiger partial charge in [-0.25, -0.2) is 4.98 Å². The zero-order chi connectivity index (χ0) is 13.0. The van der Waals surface area contributed by atoms with E-state index in [4.69, 9.17) is 9.84 Å². The standard InChI is InChI=1S/C12H18N2O3S/c1-9-6-13-12(18-8-11(15)16)14(9)7-10-2-4-17-5-3-10/h6,10H,2-5,7-8H2,1H3,(H,15,16). The molecule has 0 aromatic carbocycles. The van der Waals surface area contributed by atoms with Crippen molar-refractivity contribution >= 4 is 17.7 Å². The van der Waals surface area contributed by atoms with Crippen molar-refractivity contribution < 1.29 is 14.6 Å². The van der Waals surface area contributed by atoms with Crippen LogP contribution in [0, 0.1) is 12.8 Å². The molecule has 5 nitrogen and oxygen atoms in total. The minimum absolute atomic E-state index is 0.0598. The summed E-state index contributed by atoms with van der Waals surface area (Å²) in [5.74, 6) is -0.140. The molecule has 1 aromatic rings. The third kappa shape index (κ3) is 3.49. The first kappa shape index (κ1) is 13.4. The summed E-state index contributed by atoms with van der Waals surface area (Å²) in [7, 11) is 0. The Morgan fingerprint density at radius 2 is 2.33 bits per heavy atom. The van der Waals surface area contributed by atoms with Crippen molar-refractivity contribution in [2.45, 2.75) is 31.5 Å². The molecule has 1 fully saturated rings. The van der Waals surface area contributed by atoms with E-state index >= 15 is 0 Å². The second kappa shape index (κ2) is 6.24. The highest BCUT2D eigenvalue weighted by atomic mass is 32.2. The van der Waals surface area contributed by atoms with Gasteiger partial charge in [0.2, 0.25) is 0 Å². The molecule has 0 radical (unpaired) electrons. The zero-order valence-corrected chi connectivity index (χ0v) is 11.3. The number of nitrogens with zero attached hydrogens (tertiary/aromatic N) is 2. The second-order valence-electron chi connectivity index (χ2n) is 4.53. The summed E-state index contributed by atoms with van der Waals surface area (Å²) >= 11 is 1.29. The predicted octanol–water partition coefficient (Wildman–Crippen LogP) is 1.79. The summed E-state index contributed by atoms with van der Waals surface area (Å²) in [6, 6.07) is 0. The topological polar surface area (TPSA) is 64.3 Å². The van der Waals surface area contributed by atoms with Gasteiger partial charge < -0.3 is 14.4 Å². The third-order valence-electron chi connectivity index (χ3n) is 3.12. The maximum absolute atomic E-state index is 10.6. The molecule has 0 amide bonds. The van der Waals surface area contributed by atoms with Gasteiger partial charge in [-0.3, -0.25) is 4.79 Å². The highest BCUT2D eigenvalue weighted by Gasteiger charge is 2.17. The van der Waals surface area contributed by atoms with E-state index in [9.17, 15) is 4.79 Å². The summed E-state index contributed by atoms with van der Waals surface area (Å²) < 4.78 is 7.48. The Kier molecular flexibility index (Phi) is 4.66. The van der Waals surface area contributed by atoms with Gasteiger partial charge in [0.1, 0.15) is 0 Å². The predicted molar refractivity (Wildman–Crippen MR) is 68.9 cm³/mol. The van der Waals surface area contributed by atoms with Crippen LogP contribution < -0.4 is 0 Å². The number of imidazole rings is 1. The van der Waals surface area contributed by atoms with Gasteiger partial charge >= 0.3 is 5.97 Å². The number of carboxylic acids is 1. The van der Waals surface area contributed by atoms with Crippen LogP contribution in [0.2, 0.25) is 0 Å². The quantitative estimate of drug-likeness (QED) is 0.826. The molecule has 0 spiro atoms. The van der Waals surface area contributed by atoms with Crippen molar-refractivity contribution in [3.8, 4) is 0 Å². The maximum Gasteiger partial charge on any atom is 0.313 e. The molecule has 100 valence electrons. The summed E-state index contributed by atoms with van der Waals surface area (Å²) in [6.07, 6.45) is 3.95. The molecule has 2 heterocycles. The number of aromatic nitrogens is 2. The van der Waals surface area contributed by atoms with E-state index < -0.39 is 5.97 Å². The number of hydrogen-bond acceptors (Lipinski definition) is 4. The SMILES string of the molecule is Cc1cnc(SCC(=O)O)n1CC1CCOCC1. The number of carboxylic acid groups (broad SMARTS) is 1. The van der Waals surface area contributed by atoms with Gasteiger partial charge in [0.15, 0.2) is 5.16 Å². The molecule has 0 aliphatic carbocycles. The molecule has 1 aliphatic rings. The first-order chi connectivity index (χ1) is 8.66. The van der Waals surface area contributed by atoms with E-state index in [1.807, 2.05) is 13.1 Å². The van der Waals surface area contributed by atoms with Crippen molar-refractivity contribution in [2.75, 3.05) is 19.0 Å². The lowest BCUT2D eigenvalue weighted by Gasteiger charge is -2.23. The van der Waals surface area contributed by atoms with Crippen molar-refractivity contribution in [1.29, 1.82) is 0 Å². The van der Waals surface area contributed by atoms with E-state index in [2.05, 4.69) is 9.55 Å². The molecule has 0 unspecified atom stereocenters. The summed E-state index contributed by atoms with van der Waals surface area (Å²) in [5, 5.41) is 9.53. The Morgan fingerprint density at radius 1 is 1.61 bits per heavy atom.